The van der Waals surface area contributed by atoms with E-state index in [1.807, 2.05) is 6.07 Å². The molecule has 2 fully saturated rings. The van der Waals surface area contributed by atoms with E-state index in [0.717, 1.165) is 62.1 Å². The number of hydrogen-bond donors (Lipinski definition) is 1. The van der Waals surface area contributed by atoms with Crippen molar-refractivity contribution in [3.05, 3.63) is 23.8 Å². The van der Waals surface area contributed by atoms with Gasteiger partial charge in [0.15, 0.2) is 11.5 Å². The minimum absolute atomic E-state index is 0.103. The highest BCUT2D eigenvalue weighted by atomic mass is 16.6. The third-order valence-electron chi connectivity index (χ3n) is 5.55. The molecule has 3 aliphatic rings. The highest BCUT2D eigenvalue weighted by Gasteiger charge is 2.36. The van der Waals surface area contributed by atoms with Gasteiger partial charge in [-0.25, -0.2) is 0 Å². The highest BCUT2D eigenvalue weighted by Crippen LogP contribution is 2.39. The van der Waals surface area contributed by atoms with Crippen molar-refractivity contribution in [2.75, 3.05) is 19.8 Å². The minimum atomic E-state index is 0.103. The number of hydrogen-bond acceptors (Lipinski definition) is 4. The Kier molecular flexibility index (Phi) is 4.35. The van der Waals surface area contributed by atoms with Crippen LogP contribution in [0.4, 0.5) is 0 Å². The predicted molar refractivity (Wildman–Crippen MR) is 91.1 cm³/mol. The Labute approximate surface area is 143 Å². The van der Waals surface area contributed by atoms with Crippen molar-refractivity contribution < 1.29 is 14.3 Å². The summed E-state index contributed by atoms with van der Waals surface area (Å²) in [7, 11) is 0. The molecule has 1 aliphatic carbocycles. The molecule has 1 aromatic carbocycles. The second kappa shape index (κ2) is 6.63. The number of rotatable bonds is 2. The third kappa shape index (κ3) is 2.97. The lowest BCUT2D eigenvalue weighted by Gasteiger charge is -2.33. The number of nitrogens with two attached hydrogens (primary N) is 1. The van der Waals surface area contributed by atoms with Gasteiger partial charge in [0, 0.05) is 18.5 Å². The van der Waals surface area contributed by atoms with Gasteiger partial charge in [-0.05, 0) is 49.8 Å². The van der Waals surface area contributed by atoms with Crippen LogP contribution in [0.3, 0.4) is 0 Å². The van der Waals surface area contributed by atoms with Crippen molar-refractivity contribution in [1.82, 2.24) is 4.90 Å². The number of amides is 1. The van der Waals surface area contributed by atoms with Gasteiger partial charge in [-0.15, -0.1) is 0 Å². The van der Waals surface area contributed by atoms with Crippen LogP contribution in [0, 0.1) is 5.92 Å². The van der Waals surface area contributed by atoms with Gasteiger partial charge in [0.1, 0.15) is 13.2 Å². The van der Waals surface area contributed by atoms with Gasteiger partial charge in [0.25, 0.3) is 0 Å². The van der Waals surface area contributed by atoms with Gasteiger partial charge in [-0.3, -0.25) is 4.79 Å². The standard InChI is InChI=1S/C19H26N2O3/c20-15-4-1-3-14(11-15)19(22)21-8-2-5-16(21)13-6-7-17-18(12-13)24-10-9-23-17/h6-7,12,14-16H,1-5,8-11,20H2/t14-,15-,16-/m1/s1. The Morgan fingerprint density at radius 3 is 2.75 bits per heavy atom. The van der Waals surface area contributed by atoms with Crippen LogP contribution in [0.1, 0.15) is 50.1 Å². The quantitative estimate of drug-likeness (QED) is 0.905. The van der Waals surface area contributed by atoms with Gasteiger partial charge >= 0.3 is 0 Å². The molecule has 0 bridgehead atoms. The van der Waals surface area contributed by atoms with E-state index < -0.39 is 0 Å². The van der Waals surface area contributed by atoms with Gasteiger partial charge in [0.2, 0.25) is 5.91 Å². The number of fused-ring (bicyclic) bond motifs is 1. The molecule has 24 heavy (non-hydrogen) atoms. The summed E-state index contributed by atoms with van der Waals surface area (Å²) in [5.74, 6) is 2.01. The van der Waals surface area contributed by atoms with Gasteiger partial charge < -0.3 is 20.1 Å². The zero-order valence-corrected chi connectivity index (χ0v) is 14.1. The minimum Gasteiger partial charge on any atom is -0.486 e. The molecular weight excluding hydrogens is 304 g/mol. The summed E-state index contributed by atoms with van der Waals surface area (Å²) in [4.78, 5) is 15.1. The first-order valence-electron chi connectivity index (χ1n) is 9.18. The summed E-state index contributed by atoms with van der Waals surface area (Å²) in [5, 5.41) is 0. The number of carbonyl (C=O) groups excluding carboxylic acids is 1. The maximum atomic E-state index is 13.0. The molecule has 0 spiro atoms. The molecule has 0 aromatic heterocycles. The average molecular weight is 330 g/mol. The second-order valence-electron chi connectivity index (χ2n) is 7.22. The average Bonchev–Trinajstić information content (AvgIpc) is 3.10. The van der Waals surface area contributed by atoms with Crippen molar-refractivity contribution in [2.45, 2.75) is 50.6 Å². The summed E-state index contributed by atoms with van der Waals surface area (Å²) < 4.78 is 11.3. The molecule has 3 atom stereocenters. The van der Waals surface area contributed by atoms with Crippen LogP contribution < -0.4 is 15.2 Å². The molecule has 1 saturated heterocycles. The van der Waals surface area contributed by atoms with Crippen molar-refractivity contribution in [1.29, 1.82) is 0 Å². The topological polar surface area (TPSA) is 64.8 Å². The van der Waals surface area contributed by atoms with Crippen LogP contribution in [0.2, 0.25) is 0 Å². The molecule has 1 aromatic rings. The van der Waals surface area contributed by atoms with Gasteiger partial charge in [0.05, 0.1) is 6.04 Å². The fourth-order valence-electron chi connectivity index (χ4n) is 4.33. The van der Waals surface area contributed by atoms with Gasteiger partial charge in [-0.2, -0.15) is 0 Å². The molecule has 4 rings (SSSR count). The van der Waals surface area contributed by atoms with E-state index in [-0.39, 0.29) is 18.0 Å². The Hall–Kier alpha value is -1.75. The normalized spacial score (nSPS) is 29.5. The number of benzene rings is 1. The number of ether oxygens (including phenoxy) is 2. The first kappa shape index (κ1) is 15.8. The lowest BCUT2D eigenvalue weighted by molar-refractivity contribution is -0.137. The van der Waals surface area contributed by atoms with E-state index >= 15 is 0 Å². The maximum Gasteiger partial charge on any atom is 0.226 e. The number of carbonyl (C=O) groups is 1. The molecular formula is C19H26N2O3. The predicted octanol–water partition coefficient (Wildman–Crippen LogP) is 2.64. The monoisotopic (exact) mass is 330 g/mol. The summed E-state index contributed by atoms with van der Waals surface area (Å²) in [6.07, 6.45) is 6.02. The second-order valence-corrected chi connectivity index (χ2v) is 7.22. The fraction of sp³-hybridized carbons (Fsp3) is 0.632. The van der Waals surface area contributed by atoms with E-state index in [9.17, 15) is 4.79 Å². The van der Waals surface area contributed by atoms with E-state index in [0.29, 0.717) is 19.1 Å². The smallest absolute Gasteiger partial charge is 0.226 e. The van der Waals surface area contributed by atoms with Crippen LogP contribution in [-0.4, -0.2) is 36.6 Å². The molecule has 0 unspecified atom stereocenters. The third-order valence-corrected chi connectivity index (χ3v) is 5.55. The van der Waals surface area contributed by atoms with Gasteiger partial charge in [-0.1, -0.05) is 12.5 Å². The zero-order chi connectivity index (χ0) is 16.5. The molecule has 2 heterocycles. The molecule has 1 amide bonds. The number of likely N-dealkylation sites (tertiary alicyclic amines) is 1. The lowest BCUT2D eigenvalue weighted by Crippen LogP contribution is -2.40. The van der Waals surface area contributed by atoms with Crippen LogP contribution in [0.5, 0.6) is 11.5 Å². The van der Waals surface area contributed by atoms with Crippen LogP contribution in [0.15, 0.2) is 18.2 Å². The molecule has 5 heteroatoms. The summed E-state index contributed by atoms with van der Waals surface area (Å²) in [6.45, 7) is 2.04. The Morgan fingerprint density at radius 2 is 1.92 bits per heavy atom. The Bertz CT molecular complexity index is 619. The largest absolute Gasteiger partial charge is 0.486 e. The summed E-state index contributed by atoms with van der Waals surface area (Å²) in [5.41, 5.74) is 7.24. The highest BCUT2D eigenvalue weighted by molar-refractivity contribution is 5.80. The molecule has 0 radical (unpaired) electrons. The maximum absolute atomic E-state index is 13.0. The van der Waals surface area contributed by atoms with Crippen LogP contribution in [0.25, 0.3) is 0 Å². The van der Waals surface area contributed by atoms with Crippen molar-refractivity contribution in [3.63, 3.8) is 0 Å². The first-order chi connectivity index (χ1) is 11.7. The SMILES string of the molecule is N[C@@H]1CCC[C@@H](C(=O)N2CCC[C@@H]2c2ccc3c(c2)OCCO3)C1. The van der Waals surface area contributed by atoms with E-state index in [1.54, 1.807) is 0 Å². The van der Waals surface area contributed by atoms with Crippen LogP contribution >= 0.6 is 0 Å². The van der Waals surface area contributed by atoms with Crippen molar-refractivity contribution in [3.8, 4) is 11.5 Å². The molecule has 5 nitrogen and oxygen atoms in total. The summed E-state index contributed by atoms with van der Waals surface area (Å²) >= 11 is 0. The van der Waals surface area contributed by atoms with Crippen molar-refractivity contribution >= 4 is 5.91 Å². The van der Waals surface area contributed by atoms with Crippen LogP contribution in [-0.2, 0) is 4.79 Å². The summed E-state index contributed by atoms with van der Waals surface area (Å²) in [6, 6.07) is 6.45. The zero-order valence-electron chi connectivity index (χ0n) is 14.1. The molecule has 2 aliphatic heterocycles. The lowest BCUT2D eigenvalue weighted by atomic mass is 9.85. The number of nitrogens with zero attached hydrogens (tertiary/aromatic N) is 1. The van der Waals surface area contributed by atoms with Crippen molar-refractivity contribution in [2.24, 2.45) is 11.7 Å². The fourth-order valence-corrected chi connectivity index (χ4v) is 4.33. The Morgan fingerprint density at radius 1 is 1.08 bits per heavy atom. The van der Waals surface area contributed by atoms with E-state index in [2.05, 4.69) is 17.0 Å². The van der Waals surface area contributed by atoms with E-state index in [1.165, 1.54) is 0 Å². The molecule has 130 valence electrons. The Balaban J connectivity index is 1.53. The van der Waals surface area contributed by atoms with E-state index in [4.69, 9.17) is 15.2 Å². The first-order valence-corrected chi connectivity index (χ1v) is 9.18. The molecule has 1 saturated carbocycles. The molecule has 2 N–H and O–H groups in total.